The van der Waals surface area contributed by atoms with Crippen LogP contribution in [0.2, 0.25) is 0 Å². The predicted molar refractivity (Wildman–Crippen MR) is 101 cm³/mol. The van der Waals surface area contributed by atoms with E-state index in [9.17, 15) is 14.9 Å². The highest BCUT2D eigenvalue weighted by Gasteiger charge is 2.16. The first-order valence-corrected chi connectivity index (χ1v) is 8.89. The third-order valence-electron chi connectivity index (χ3n) is 3.72. The third-order valence-corrected chi connectivity index (χ3v) is 4.65. The van der Waals surface area contributed by atoms with Crippen LogP contribution in [-0.4, -0.2) is 22.4 Å². The molecule has 2 aromatic carbocycles. The van der Waals surface area contributed by atoms with E-state index in [2.05, 4.69) is 10.3 Å². The number of carbonyl (C=O) groups excluding carboxylic acids is 1. The van der Waals surface area contributed by atoms with E-state index in [4.69, 9.17) is 4.74 Å². The van der Waals surface area contributed by atoms with Gasteiger partial charge in [-0.1, -0.05) is 24.3 Å². The first kappa shape index (κ1) is 17.8. The summed E-state index contributed by atoms with van der Waals surface area (Å²) in [5.74, 6) is 0.324. The fraction of sp³-hybridized carbons (Fsp3) is 0.222. The molecule has 8 heteroatoms. The minimum atomic E-state index is -0.498. The van der Waals surface area contributed by atoms with E-state index in [1.165, 1.54) is 17.4 Å². The van der Waals surface area contributed by atoms with Gasteiger partial charge in [-0.15, -0.1) is 0 Å². The molecular weight excluding hydrogens is 354 g/mol. The molecule has 3 aromatic rings. The fourth-order valence-electron chi connectivity index (χ4n) is 2.38. The van der Waals surface area contributed by atoms with Crippen molar-refractivity contribution in [3.8, 4) is 5.75 Å². The largest absolute Gasteiger partial charge is 0.494 e. The van der Waals surface area contributed by atoms with Gasteiger partial charge in [-0.25, -0.2) is 4.98 Å². The number of fused-ring (bicyclic) bond motifs is 1. The standard InChI is InChI=1S/C18H17N3O4S/c1-3-8-25-13-6-7-14-16(10-13)26-18(19-14)20-17(22)12-5-4-11(2)15(9-12)21(23)24/h4-7,9-10H,3,8H2,1-2H3,(H,19,20,22). The number of anilines is 1. The molecule has 0 saturated carbocycles. The second-order valence-electron chi connectivity index (χ2n) is 5.71. The molecule has 1 heterocycles. The highest BCUT2D eigenvalue weighted by atomic mass is 32.1. The second-order valence-corrected chi connectivity index (χ2v) is 6.74. The smallest absolute Gasteiger partial charge is 0.273 e. The molecule has 0 unspecified atom stereocenters. The van der Waals surface area contributed by atoms with E-state index in [0.717, 1.165) is 22.4 Å². The third kappa shape index (κ3) is 3.80. The first-order valence-electron chi connectivity index (χ1n) is 8.07. The van der Waals surface area contributed by atoms with Gasteiger partial charge in [0.2, 0.25) is 0 Å². The maximum Gasteiger partial charge on any atom is 0.273 e. The van der Waals surface area contributed by atoms with Gasteiger partial charge < -0.3 is 4.74 Å². The van der Waals surface area contributed by atoms with E-state index in [-0.39, 0.29) is 11.3 Å². The van der Waals surface area contributed by atoms with Crippen molar-refractivity contribution in [1.29, 1.82) is 0 Å². The van der Waals surface area contributed by atoms with Crippen molar-refractivity contribution < 1.29 is 14.5 Å². The second kappa shape index (κ2) is 7.49. The van der Waals surface area contributed by atoms with Gasteiger partial charge in [0.05, 0.1) is 21.7 Å². The van der Waals surface area contributed by atoms with Gasteiger partial charge in [0.15, 0.2) is 5.13 Å². The van der Waals surface area contributed by atoms with Crippen molar-refractivity contribution in [2.45, 2.75) is 20.3 Å². The number of rotatable bonds is 6. The van der Waals surface area contributed by atoms with Crippen LogP contribution in [0.25, 0.3) is 10.2 Å². The van der Waals surface area contributed by atoms with E-state index in [0.29, 0.717) is 17.3 Å². The van der Waals surface area contributed by atoms with Crippen LogP contribution in [0.3, 0.4) is 0 Å². The quantitative estimate of drug-likeness (QED) is 0.506. The Morgan fingerprint density at radius 3 is 2.85 bits per heavy atom. The predicted octanol–water partition coefficient (Wildman–Crippen LogP) is 4.55. The summed E-state index contributed by atoms with van der Waals surface area (Å²) in [5.41, 5.74) is 1.39. The van der Waals surface area contributed by atoms with Crippen LogP contribution < -0.4 is 10.1 Å². The van der Waals surface area contributed by atoms with Gasteiger partial charge >= 0.3 is 0 Å². The Kier molecular flexibility index (Phi) is 5.13. The lowest BCUT2D eigenvalue weighted by molar-refractivity contribution is -0.385. The molecule has 0 radical (unpaired) electrons. The average molecular weight is 371 g/mol. The molecule has 0 aliphatic rings. The van der Waals surface area contributed by atoms with Crippen molar-refractivity contribution >= 4 is 38.3 Å². The molecule has 26 heavy (non-hydrogen) atoms. The van der Waals surface area contributed by atoms with Crippen molar-refractivity contribution in [2.24, 2.45) is 0 Å². The molecule has 134 valence electrons. The molecular formula is C18H17N3O4S. The number of hydrogen-bond acceptors (Lipinski definition) is 6. The lowest BCUT2D eigenvalue weighted by atomic mass is 10.1. The molecule has 0 atom stereocenters. The maximum atomic E-state index is 12.4. The molecule has 1 aromatic heterocycles. The Bertz CT molecular complexity index is 984. The Balaban J connectivity index is 1.81. The minimum absolute atomic E-state index is 0.0836. The first-order chi connectivity index (χ1) is 12.5. The van der Waals surface area contributed by atoms with Crippen LogP contribution in [0.1, 0.15) is 29.3 Å². The zero-order valence-electron chi connectivity index (χ0n) is 14.3. The number of benzene rings is 2. The van der Waals surface area contributed by atoms with Crippen LogP contribution in [0.15, 0.2) is 36.4 Å². The summed E-state index contributed by atoms with van der Waals surface area (Å²) in [4.78, 5) is 27.3. The van der Waals surface area contributed by atoms with Gasteiger partial charge in [-0.05, 0) is 37.6 Å². The minimum Gasteiger partial charge on any atom is -0.494 e. The lowest BCUT2D eigenvalue weighted by Crippen LogP contribution is -2.12. The lowest BCUT2D eigenvalue weighted by Gasteiger charge is -2.03. The van der Waals surface area contributed by atoms with Gasteiger partial charge in [-0.2, -0.15) is 0 Å². The highest BCUT2D eigenvalue weighted by molar-refractivity contribution is 7.22. The van der Waals surface area contributed by atoms with Crippen LogP contribution in [-0.2, 0) is 0 Å². The zero-order chi connectivity index (χ0) is 18.7. The van der Waals surface area contributed by atoms with Crippen molar-refractivity contribution in [3.63, 3.8) is 0 Å². The van der Waals surface area contributed by atoms with Crippen molar-refractivity contribution in [2.75, 3.05) is 11.9 Å². The normalized spacial score (nSPS) is 10.7. The molecule has 0 saturated heterocycles. The Labute approximate surface area is 153 Å². The Morgan fingerprint density at radius 2 is 2.12 bits per heavy atom. The molecule has 0 spiro atoms. The number of amides is 1. The number of nitrogens with zero attached hydrogens (tertiary/aromatic N) is 2. The zero-order valence-corrected chi connectivity index (χ0v) is 15.1. The fourth-order valence-corrected chi connectivity index (χ4v) is 3.27. The molecule has 0 fully saturated rings. The number of aryl methyl sites for hydroxylation is 1. The number of hydrogen-bond donors (Lipinski definition) is 1. The van der Waals surface area contributed by atoms with Crippen LogP contribution in [0.4, 0.5) is 10.8 Å². The number of ether oxygens (including phenoxy) is 1. The summed E-state index contributed by atoms with van der Waals surface area (Å²) in [6.07, 6.45) is 0.921. The monoisotopic (exact) mass is 371 g/mol. The molecule has 3 rings (SSSR count). The Hall–Kier alpha value is -3.00. The summed E-state index contributed by atoms with van der Waals surface area (Å²) in [7, 11) is 0. The van der Waals surface area contributed by atoms with Crippen LogP contribution in [0, 0.1) is 17.0 Å². The summed E-state index contributed by atoms with van der Waals surface area (Å²) in [5, 5.41) is 14.2. The summed E-state index contributed by atoms with van der Waals surface area (Å²) in [6.45, 7) is 4.31. The van der Waals surface area contributed by atoms with Gasteiger partial charge in [0.1, 0.15) is 5.75 Å². The number of nitrogens with one attached hydrogen (secondary N) is 1. The van der Waals surface area contributed by atoms with Crippen LogP contribution >= 0.6 is 11.3 Å². The molecule has 1 N–H and O–H groups in total. The van der Waals surface area contributed by atoms with Gasteiger partial charge in [0, 0.05) is 17.2 Å². The van der Waals surface area contributed by atoms with Gasteiger partial charge in [0.25, 0.3) is 11.6 Å². The average Bonchev–Trinajstić information content (AvgIpc) is 3.01. The molecule has 0 aliphatic heterocycles. The summed E-state index contributed by atoms with van der Waals surface area (Å²) < 4.78 is 6.49. The number of nitro groups is 1. The number of thiazole rings is 1. The van der Waals surface area contributed by atoms with Crippen molar-refractivity contribution in [1.82, 2.24) is 4.98 Å². The molecule has 0 aliphatic carbocycles. The van der Waals surface area contributed by atoms with E-state index >= 15 is 0 Å². The van der Waals surface area contributed by atoms with Gasteiger partial charge in [-0.3, -0.25) is 20.2 Å². The van der Waals surface area contributed by atoms with E-state index < -0.39 is 10.8 Å². The molecule has 1 amide bonds. The maximum absolute atomic E-state index is 12.4. The highest BCUT2D eigenvalue weighted by Crippen LogP contribution is 2.30. The topological polar surface area (TPSA) is 94.4 Å². The number of aromatic nitrogens is 1. The number of nitro benzene ring substituents is 1. The van der Waals surface area contributed by atoms with Crippen LogP contribution in [0.5, 0.6) is 5.75 Å². The molecule has 0 bridgehead atoms. The van der Waals surface area contributed by atoms with E-state index in [1.54, 1.807) is 19.1 Å². The summed E-state index contributed by atoms with van der Waals surface area (Å²) >= 11 is 1.32. The summed E-state index contributed by atoms with van der Waals surface area (Å²) in [6, 6.07) is 9.95. The van der Waals surface area contributed by atoms with E-state index in [1.807, 2.05) is 25.1 Å². The number of carbonyl (C=O) groups is 1. The SMILES string of the molecule is CCCOc1ccc2nc(NC(=O)c3ccc(C)c([N+](=O)[O-])c3)sc2c1. The molecule has 7 nitrogen and oxygen atoms in total. The Morgan fingerprint density at radius 1 is 1.31 bits per heavy atom. The van der Waals surface area contributed by atoms with Crippen molar-refractivity contribution in [3.05, 3.63) is 57.6 Å².